The normalized spacial score (nSPS) is 11.0. The number of benzene rings is 2. The molecule has 0 aliphatic heterocycles. The number of ketones is 1. The minimum atomic E-state index is -0.0723. The van der Waals surface area contributed by atoms with Crippen LogP contribution in [0.2, 0.25) is 5.15 Å². The Morgan fingerprint density at radius 3 is 2.61 bits per heavy atom. The summed E-state index contributed by atoms with van der Waals surface area (Å²) in [5.41, 5.74) is 3.16. The molecule has 0 fully saturated rings. The van der Waals surface area contributed by atoms with Crippen LogP contribution in [0.25, 0.3) is 17.0 Å². The molecule has 0 atom stereocenters. The van der Waals surface area contributed by atoms with Gasteiger partial charge >= 0.3 is 0 Å². The second-order valence-electron chi connectivity index (χ2n) is 5.09. The number of rotatable bonds is 4. The third kappa shape index (κ3) is 3.41. The lowest BCUT2D eigenvalue weighted by atomic mass is 10.1. The predicted octanol–water partition coefficient (Wildman–Crippen LogP) is 4.83. The molecule has 0 aliphatic carbocycles. The van der Waals surface area contributed by atoms with Gasteiger partial charge in [0, 0.05) is 29.2 Å². The highest BCUT2D eigenvalue weighted by molar-refractivity contribution is 6.31. The first-order valence-electron chi connectivity index (χ1n) is 7.23. The number of carbonyl (C=O) groups is 1. The second kappa shape index (κ2) is 6.63. The molecule has 0 bridgehead atoms. The Bertz CT molecular complexity index is 886. The van der Waals surface area contributed by atoms with Crippen LogP contribution in [-0.4, -0.2) is 17.8 Å². The number of pyridine rings is 1. The highest BCUT2D eigenvalue weighted by Crippen LogP contribution is 2.21. The highest BCUT2D eigenvalue weighted by atomic mass is 35.5. The van der Waals surface area contributed by atoms with E-state index in [4.69, 9.17) is 11.6 Å². The topological polar surface area (TPSA) is 42.0 Å². The van der Waals surface area contributed by atoms with Crippen LogP contribution in [0.5, 0.6) is 0 Å². The van der Waals surface area contributed by atoms with E-state index < -0.39 is 0 Å². The van der Waals surface area contributed by atoms with Crippen LogP contribution < -0.4 is 5.32 Å². The first-order valence-corrected chi connectivity index (χ1v) is 7.61. The van der Waals surface area contributed by atoms with Crippen molar-refractivity contribution in [1.82, 2.24) is 4.98 Å². The zero-order valence-electron chi connectivity index (χ0n) is 12.6. The number of carbonyl (C=O) groups excluding carboxylic acids is 1. The Balaban J connectivity index is 1.86. The van der Waals surface area contributed by atoms with E-state index in [0.29, 0.717) is 10.7 Å². The van der Waals surface area contributed by atoms with Crippen LogP contribution in [0.3, 0.4) is 0 Å². The molecule has 0 aliphatic rings. The lowest BCUT2D eigenvalue weighted by Crippen LogP contribution is -1.95. The predicted molar refractivity (Wildman–Crippen MR) is 96.1 cm³/mol. The molecule has 0 amide bonds. The number of allylic oxidation sites excluding steroid dienone is 1. The van der Waals surface area contributed by atoms with Gasteiger partial charge in [-0.25, -0.2) is 4.98 Å². The molecule has 4 heteroatoms. The maximum Gasteiger partial charge on any atom is 0.185 e. The highest BCUT2D eigenvalue weighted by Gasteiger charge is 2.04. The number of para-hydroxylation sites is 1. The molecule has 2 aromatic carbocycles. The number of fused-ring (bicyclic) bond motifs is 1. The number of hydrogen-bond acceptors (Lipinski definition) is 3. The van der Waals surface area contributed by atoms with Crippen LogP contribution in [-0.2, 0) is 0 Å². The van der Waals surface area contributed by atoms with E-state index >= 15 is 0 Å². The smallest absolute Gasteiger partial charge is 0.185 e. The SMILES string of the molecule is CNc1ccc(C(=O)/C=C/c2cc3ccccc3nc2Cl)cc1. The molecule has 1 heterocycles. The average molecular weight is 323 g/mol. The van der Waals surface area contributed by atoms with Crippen molar-refractivity contribution >= 4 is 40.1 Å². The first-order chi connectivity index (χ1) is 11.2. The molecule has 0 radical (unpaired) electrons. The van der Waals surface area contributed by atoms with Gasteiger partial charge in [-0.3, -0.25) is 4.79 Å². The van der Waals surface area contributed by atoms with Crippen molar-refractivity contribution in [3.05, 3.63) is 77.0 Å². The van der Waals surface area contributed by atoms with Gasteiger partial charge in [-0.05, 0) is 48.6 Å². The third-order valence-electron chi connectivity index (χ3n) is 3.58. The maximum absolute atomic E-state index is 12.2. The largest absolute Gasteiger partial charge is 0.388 e. The van der Waals surface area contributed by atoms with E-state index in [-0.39, 0.29) is 5.78 Å². The number of aromatic nitrogens is 1. The van der Waals surface area contributed by atoms with Crippen LogP contribution in [0.4, 0.5) is 5.69 Å². The van der Waals surface area contributed by atoms with Gasteiger partial charge in [0.2, 0.25) is 0 Å². The summed E-state index contributed by atoms with van der Waals surface area (Å²) in [5.74, 6) is -0.0723. The lowest BCUT2D eigenvalue weighted by Gasteiger charge is -2.02. The van der Waals surface area contributed by atoms with E-state index in [1.807, 2.05) is 49.5 Å². The van der Waals surface area contributed by atoms with Gasteiger partial charge in [0.1, 0.15) is 5.15 Å². The Labute approximate surface area is 139 Å². The van der Waals surface area contributed by atoms with Crippen LogP contribution in [0.15, 0.2) is 60.7 Å². The van der Waals surface area contributed by atoms with Crippen molar-refractivity contribution in [3.63, 3.8) is 0 Å². The summed E-state index contributed by atoms with van der Waals surface area (Å²) >= 11 is 6.19. The molecule has 1 aromatic heterocycles. The van der Waals surface area contributed by atoms with Crippen LogP contribution in [0, 0.1) is 0 Å². The molecule has 3 rings (SSSR count). The fourth-order valence-corrected chi connectivity index (χ4v) is 2.50. The molecule has 23 heavy (non-hydrogen) atoms. The Hall–Kier alpha value is -2.65. The van der Waals surface area contributed by atoms with Gasteiger partial charge in [0.25, 0.3) is 0 Å². The summed E-state index contributed by atoms with van der Waals surface area (Å²) in [7, 11) is 1.84. The summed E-state index contributed by atoms with van der Waals surface area (Å²) in [6.45, 7) is 0. The molecule has 0 saturated carbocycles. The van der Waals surface area contributed by atoms with Gasteiger partial charge in [-0.15, -0.1) is 0 Å². The van der Waals surface area contributed by atoms with Crippen LogP contribution >= 0.6 is 11.6 Å². The quantitative estimate of drug-likeness (QED) is 0.425. The number of hydrogen-bond donors (Lipinski definition) is 1. The zero-order valence-corrected chi connectivity index (χ0v) is 13.3. The van der Waals surface area contributed by atoms with Gasteiger partial charge in [-0.2, -0.15) is 0 Å². The van der Waals surface area contributed by atoms with Crippen molar-refractivity contribution < 1.29 is 4.79 Å². The van der Waals surface area contributed by atoms with Gasteiger partial charge < -0.3 is 5.32 Å². The molecular formula is C19H15ClN2O. The molecule has 0 spiro atoms. The number of anilines is 1. The van der Waals surface area contributed by atoms with Crippen molar-refractivity contribution in [2.24, 2.45) is 0 Å². The first kappa shape index (κ1) is 15.3. The van der Waals surface area contributed by atoms with E-state index in [0.717, 1.165) is 22.2 Å². The summed E-state index contributed by atoms with van der Waals surface area (Å²) in [4.78, 5) is 16.6. The minimum absolute atomic E-state index is 0.0723. The fourth-order valence-electron chi connectivity index (χ4n) is 2.29. The lowest BCUT2D eigenvalue weighted by molar-refractivity contribution is 0.104. The van der Waals surface area contributed by atoms with E-state index in [1.54, 1.807) is 18.2 Å². The van der Waals surface area contributed by atoms with Crippen molar-refractivity contribution in [1.29, 1.82) is 0 Å². The molecule has 114 valence electrons. The molecule has 1 N–H and O–H groups in total. The van der Waals surface area contributed by atoms with Crippen molar-refractivity contribution in [2.75, 3.05) is 12.4 Å². The summed E-state index contributed by atoms with van der Waals surface area (Å²) in [6, 6.07) is 17.0. The van der Waals surface area contributed by atoms with Gasteiger partial charge in [-0.1, -0.05) is 29.8 Å². The number of nitrogens with one attached hydrogen (secondary N) is 1. The van der Waals surface area contributed by atoms with Crippen LogP contribution in [0.1, 0.15) is 15.9 Å². The van der Waals surface area contributed by atoms with Crippen molar-refractivity contribution in [2.45, 2.75) is 0 Å². The molecule has 0 unspecified atom stereocenters. The monoisotopic (exact) mass is 322 g/mol. The zero-order chi connectivity index (χ0) is 16.2. The standard InChI is InChI=1S/C19H15ClN2O/c1-21-16-9-6-13(7-10-16)18(23)11-8-15-12-14-4-2-3-5-17(14)22-19(15)20/h2-12,21H,1H3/b11-8+. The molecule has 3 nitrogen and oxygen atoms in total. The Morgan fingerprint density at radius 1 is 1.13 bits per heavy atom. The fraction of sp³-hybridized carbons (Fsp3) is 0.0526. The third-order valence-corrected chi connectivity index (χ3v) is 3.88. The van der Waals surface area contributed by atoms with E-state index in [9.17, 15) is 4.79 Å². The summed E-state index contributed by atoms with van der Waals surface area (Å²) < 4.78 is 0. The maximum atomic E-state index is 12.2. The number of nitrogens with zero attached hydrogens (tertiary/aromatic N) is 1. The Morgan fingerprint density at radius 2 is 1.87 bits per heavy atom. The number of halogens is 1. The molecular weight excluding hydrogens is 308 g/mol. The summed E-state index contributed by atoms with van der Waals surface area (Å²) in [6.07, 6.45) is 3.22. The van der Waals surface area contributed by atoms with Crippen molar-refractivity contribution in [3.8, 4) is 0 Å². The van der Waals surface area contributed by atoms with Gasteiger partial charge in [0.05, 0.1) is 5.52 Å². The Kier molecular flexibility index (Phi) is 4.40. The second-order valence-corrected chi connectivity index (χ2v) is 5.44. The molecule has 3 aromatic rings. The average Bonchev–Trinajstić information content (AvgIpc) is 2.59. The molecule has 0 saturated heterocycles. The van der Waals surface area contributed by atoms with E-state index in [2.05, 4.69) is 10.3 Å². The van der Waals surface area contributed by atoms with E-state index in [1.165, 1.54) is 6.08 Å². The minimum Gasteiger partial charge on any atom is -0.388 e. The van der Waals surface area contributed by atoms with Gasteiger partial charge in [0.15, 0.2) is 5.78 Å². The summed E-state index contributed by atoms with van der Waals surface area (Å²) in [5, 5.41) is 4.40.